The molecule has 0 saturated heterocycles. The molecule has 0 aliphatic carbocycles. The second kappa shape index (κ2) is 7.40. The lowest BCUT2D eigenvalue weighted by molar-refractivity contribution is -0.123. The molecule has 0 bridgehead atoms. The number of carbonyl (C=O) groups excluding carboxylic acids is 3. The number of thiophene rings is 1. The summed E-state index contributed by atoms with van der Waals surface area (Å²) in [7, 11) is 0. The van der Waals surface area contributed by atoms with Crippen molar-refractivity contribution in [2.75, 3.05) is 5.32 Å². The molecule has 24 heavy (non-hydrogen) atoms. The van der Waals surface area contributed by atoms with Gasteiger partial charge in [-0.25, -0.2) is 4.79 Å². The number of aryl methyl sites for hydroxylation is 2. The number of Topliss-reactive ketones (excluding diaryl/α,β-unsaturated/α-hetero) is 1. The summed E-state index contributed by atoms with van der Waals surface area (Å²) in [4.78, 5) is 37.6. The third kappa shape index (κ3) is 4.29. The molecular formula is C18H19NO4S. The number of amides is 1. The van der Waals surface area contributed by atoms with E-state index in [2.05, 4.69) is 5.32 Å². The minimum atomic E-state index is -0.946. The molecular weight excluding hydrogens is 326 g/mol. The van der Waals surface area contributed by atoms with Crippen molar-refractivity contribution in [3.05, 3.63) is 51.2 Å². The van der Waals surface area contributed by atoms with E-state index >= 15 is 0 Å². The smallest absolute Gasteiger partial charge is 0.340 e. The van der Waals surface area contributed by atoms with Gasteiger partial charge in [-0.15, -0.1) is 11.3 Å². The molecule has 0 radical (unpaired) electrons. The Kier molecular flexibility index (Phi) is 5.51. The van der Waals surface area contributed by atoms with Crippen LogP contribution in [0.3, 0.4) is 0 Å². The van der Waals surface area contributed by atoms with E-state index < -0.39 is 18.0 Å². The molecule has 0 aliphatic heterocycles. The lowest BCUT2D eigenvalue weighted by Crippen LogP contribution is -2.30. The van der Waals surface area contributed by atoms with Gasteiger partial charge in [0.1, 0.15) is 0 Å². The number of hydrogen-bond donors (Lipinski definition) is 1. The van der Waals surface area contributed by atoms with Crippen molar-refractivity contribution >= 4 is 34.7 Å². The van der Waals surface area contributed by atoms with Crippen LogP contribution in [0.1, 0.15) is 44.3 Å². The fraction of sp³-hybridized carbons (Fsp3) is 0.278. The molecule has 1 N–H and O–H groups in total. The second-order valence-corrected chi connectivity index (χ2v) is 6.96. The zero-order valence-electron chi connectivity index (χ0n) is 14.0. The molecule has 0 unspecified atom stereocenters. The van der Waals surface area contributed by atoms with Gasteiger partial charge in [0.25, 0.3) is 5.91 Å². The zero-order chi connectivity index (χ0) is 17.9. The average Bonchev–Trinajstić information content (AvgIpc) is 2.86. The molecule has 1 aromatic heterocycles. The Morgan fingerprint density at radius 1 is 1.17 bits per heavy atom. The van der Waals surface area contributed by atoms with Crippen LogP contribution >= 0.6 is 11.3 Å². The van der Waals surface area contributed by atoms with Crippen molar-refractivity contribution in [2.45, 2.75) is 33.8 Å². The highest BCUT2D eigenvalue weighted by Crippen LogP contribution is 2.22. The molecule has 1 atom stereocenters. The summed E-state index contributed by atoms with van der Waals surface area (Å²) in [6.07, 6.45) is -0.946. The van der Waals surface area contributed by atoms with Gasteiger partial charge in [-0.2, -0.15) is 0 Å². The van der Waals surface area contributed by atoms with Gasteiger partial charge in [0.15, 0.2) is 11.9 Å². The highest BCUT2D eigenvalue weighted by Gasteiger charge is 2.21. The predicted molar refractivity (Wildman–Crippen MR) is 93.7 cm³/mol. The Morgan fingerprint density at radius 2 is 1.88 bits per heavy atom. The van der Waals surface area contributed by atoms with E-state index in [4.69, 9.17) is 4.74 Å². The number of ether oxygens (including phenoxy) is 1. The number of anilines is 1. The van der Waals surface area contributed by atoms with Crippen molar-refractivity contribution in [2.24, 2.45) is 0 Å². The third-order valence-electron chi connectivity index (χ3n) is 3.45. The van der Waals surface area contributed by atoms with E-state index in [1.807, 2.05) is 13.8 Å². The van der Waals surface area contributed by atoms with Crippen LogP contribution in [0.5, 0.6) is 0 Å². The van der Waals surface area contributed by atoms with Gasteiger partial charge in [-0.05, 0) is 45.9 Å². The van der Waals surface area contributed by atoms with E-state index in [9.17, 15) is 14.4 Å². The summed E-state index contributed by atoms with van der Waals surface area (Å²) in [5.74, 6) is -1.06. The number of nitrogens with one attached hydrogen (secondary N) is 1. The molecule has 0 saturated carbocycles. The Hall–Kier alpha value is -2.47. The van der Waals surface area contributed by atoms with Crippen LogP contribution in [0.2, 0.25) is 0 Å². The first-order valence-corrected chi connectivity index (χ1v) is 8.29. The van der Waals surface area contributed by atoms with Crippen molar-refractivity contribution in [3.8, 4) is 0 Å². The summed E-state index contributed by atoms with van der Waals surface area (Å²) in [6.45, 7) is 6.71. The van der Waals surface area contributed by atoms with Crippen LogP contribution in [-0.2, 0) is 9.53 Å². The van der Waals surface area contributed by atoms with E-state index in [-0.39, 0.29) is 5.78 Å². The molecule has 1 amide bonds. The summed E-state index contributed by atoms with van der Waals surface area (Å²) in [5.41, 5.74) is 1.47. The van der Waals surface area contributed by atoms with Crippen LogP contribution in [0, 0.1) is 13.8 Å². The Bertz CT molecular complexity index is 794. The standard InChI is InChI=1S/C18H19NO4S/c1-10-8-16(13(4)24-10)18(22)23-12(3)17(21)19-15-7-5-6-14(9-15)11(2)20/h5-9,12H,1-4H3,(H,19,21)/t12-/m0/s1. The number of carbonyl (C=O) groups is 3. The average molecular weight is 345 g/mol. The van der Waals surface area contributed by atoms with E-state index in [0.717, 1.165) is 9.75 Å². The number of rotatable bonds is 5. The SMILES string of the molecule is CC(=O)c1cccc(NC(=O)[C@H](C)OC(=O)c2cc(C)sc2C)c1. The fourth-order valence-electron chi connectivity index (χ4n) is 2.17. The molecule has 1 aromatic carbocycles. The molecule has 0 spiro atoms. The highest BCUT2D eigenvalue weighted by atomic mass is 32.1. The van der Waals surface area contributed by atoms with E-state index in [1.54, 1.807) is 30.3 Å². The number of ketones is 1. The minimum absolute atomic E-state index is 0.0890. The highest BCUT2D eigenvalue weighted by molar-refractivity contribution is 7.12. The Labute approximate surface area is 144 Å². The summed E-state index contributed by atoms with van der Waals surface area (Å²) < 4.78 is 5.23. The van der Waals surface area contributed by atoms with Crippen molar-refractivity contribution in [1.29, 1.82) is 0 Å². The molecule has 6 heteroatoms. The first-order valence-electron chi connectivity index (χ1n) is 7.48. The normalized spacial score (nSPS) is 11.7. The maximum absolute atomic E-state index is 12.2. The summed E-state index contributed by atoms with van der Waals surface area (Å²) in [6, 6.07) is 8.36. The number of hydrogen-bond acceptors (Lipinski definition) is 5. The van der Waals surface area contributed by atoms with Gasteiger partial charge in [-0.3, -0.25) is 9.59 Å². The van der Waals surface area contributed by atoms with Crippen molar-refractivity contribution in [1.82, 2.24) is 0 Å². The number of esters is 1. The van der Waals surface area contributed by atoms with Crippen molar-refractivity contribution < 1.29 is 19.1 Å². The maximum Gasteiger partial charge on any atom is 0.340 e. The molecule has 1 heterocycles. The molecule has 2 rings (SSSR count). The van der Waals surface area contributed by atoms with E-state index in [1.165, 1.54) is 25.2 Å². The van der Waals surface area contributed by atoms with Crippen LogP contribution in [0.4, 0.5) is 5.69 Å². The van der Waals surface area contributed by atoms with E-state index in [0.29, 0.717) is 16.8 Å². The van der Waals surface area contributed by atoms with Gasteiger partial charge in [-0.1, -0.05) is 12.1 Å². The number of benzene rings is 1. The summed E-state index contributed by atoms with van der Waals surface area (Å²) in [5, 5.41) is 2.65. The molecule has 5 nitrogen and oxygen atoms in total. The van der Waals surface area contributed by atoms with Gasteiger partial charge < -0.3 is 10.1 Å². The Morgan fingerprint density at radius 3 is 2.46 bits per heavy atom. The quantitative estimate of drug-likeness (QED) is 0.662. The third-order valence-corrected chi connectivity index (χ3v) is 4.42. The first-order chi connectivity index (χ1) is 11.3. The second-order valence-electron chi connectivity index (χ2n) is 5.50. The van der Waals surface area contributed by atoms with Crippen LogP contribution in [0.15, 0.2) is 30.3 Å². The molecule has 2 aromatic rings. The van der Waals surface area contributed by atoms with Gasteiger partial charge in [0, 0.05) is 21.0 Å². The van der Waals surface area contributed by atoms with Crippen LogP contribution < -0.4 is 5.32 Å². The van der Waals surface area contributed by atoms with Crippen LogP contribution in [0.25, 0.3) is 0 Å². The van der Waals surface area contributed by atoms with Gasteiger partial charge in [0.05, 0.1) is 5.56 Å². The minimum Gasteiger partial charge on any atom is -0.449 e. The Balaban J connectivity index is 2.02. The molecule has 126 valence electrons. The van der Waals surface area contributed by atoms with Gasteiger partial charge in [0.2, 0.25) is 0 Å². The molecule has 0 aliphatic rings. The maximum atomic E-state index is 12.2. The largest absolute Gasteiger partial charge is 0.449 e. The van der Waals surface area contributed by atoms with Crippen molar-refractivity contribution in [3.63, 3.8) is 0 Å². The monoisotopic (exact) mass is 345 g/mol. The predicted octanol–water partition coefficient (Wildman–Crippen LogP) is 3.75. The topological polar surface area (TPSA) is 72.5 Å². The lowest BCUT2D eigenvalue weighted by atomic mass is 10.1. The zero-order valence-corrected chi connectivity index (χ0v) is 14.8. The first kappa shape index (κ1) is 17.9. The summed E-state index contributed by atoms with van der Waals surface area (Å²) >= 11 is 1.51. The van der Waals surface area contributed by atoms with Crippen LogP contribution in [-0.4, -0.2) is 23.8 Å². The lowest BCUT2D eigenvalue weighted by Gasteiger charge is -2.13. The fourth-order valence-corrected chi connectivity index (χ4v) is 3.08. The molecule has 0 fully saturated rings. The van der Waals surface area contributed by atoms with Gasteiger partial charge >= 0.3 is 5.97 Å².